The van der Waals surface area contributed by atoms with Gasteiger partial charge in [0.2, 0.25) is 10.0 Å². The second-order valence-corrected chi connectivity index (χ2v) is 9.42. The van der Waals surface area contributed by atoms with Gasteiger partial charge in [0, 0.05) is 30.3 Å². The first kappa shape index (κ1) is 23.7. The molecule has 0 aliphatic carbocycles. The number of furan rings is 1. The molecule has 0 fully saturated rings. The van der Waals surface area contributed by atoms with Crippen LogP contribution in [-0.4, -0.2) is 34.3 Å². The summed E-state index contributed by atoms with van der Waals surface area (Å²) >= 11 is 0. The lowest BCUT2D eigenvalue weighted by Gasteiger charge is -2.14. The monoisotopic (exact) mass is 463 g/mol. The largest absolute Gasteiger partial charge is 0.488 e. The highest BCUT2D eigenvalue weighted by Crippen LogP contribution is 2.29. The molecule has 32 heavy (non-hydrogen) atoms. The number of hydrogen-bond donors (Lipinski definition) is 1. The van der Waals surface area contributed by atoms with E-state index in [4.69, 9.17) is 13.9 Å². The Kier molecular flexibility index (Phi) is 7.52. The summed E-state index contributed by atoms with van der Waals surface area (Å²) in [5.41, 5.74) is 4.12. The van der Waals surface area contributed by atoms with E-state index in [1.165, 1.54) is 12.1 Å². The number of benzene rings is 2. The predicted molar refractivity (Wildman–Crippen MR) is 119 cm³/mol. The van der Waals surface area contributed by atoms with Gasteiger partial charge >= 0.3 is 0 Å². The Bertz CT molecular complexity index is 1220. The van der Waals surface area contributed by atoms with Crippen LogP contribution in [0.3, 0.4) is 0 Å². The highest BCUT2D eigenvalue weighted by Gasteiger charge is 2.14. The number of nitrogens with one attached hydrogen (secondary N) is 1. The second kappa shape index (κ2) is 10.1. The number of sulfonamides is 1. The van der Waals surface area contributed by atoms with E-state index < -0.39 is 15.8 Å². The van der Waals surface area contributed by atoms with E-state index in [1.54, 1.807) is 6.07 Å². The standard InChI is InChI=1S/C23H26FNO6S/c1-15-16(2)22(5-4-17(15)7-9-29-14-26)30-13-19-11-20(24)10-18-12-21(31-23(18)19)6-8-25-32(3,27)28/h4-5,10-12,14,25H,6-9,13H2,1-3H3. The Morgan fingerprint density at radius 2 is 1.88 bits per heavy atom. The molecule has 0 radical (unpaired) electrons. The molecule has 7 nitrogen and oxygen atoms in total. The topological polar surface area (TPSA) is 94.8 Å². The number of ether oxygens (including phenoxy) is 2. The summed E-state index contributed by atoms with van der Waals surface area (Å²) in [6.07, 6.45) is 2.04. The quantitative estimate of drug-likeness (QED) is 0.345. The minimum atomic E-state index is -3.29. The summed E-state index contributed by atoms with van der Waals surface area (Å²) in [6, 6.07) is 8.23. The normalized spacial score (nSPS) is 11.6. The molecule has 0 saturated heterocycles. The van der Waals surface area contributed by atoms with Crippen molar-refractivity contribution in [3.05, 3.63) is 64.2 Å². The highest BCUT2D eigenvalue weighted by molar-refractivity contribution is 7.88. The van der Waals surface area contributed by atoms with Gasteiger partial charge in [0.25, 0.3) is 6.47 Å². The fourth-order valence-corrected chi connectivity index (χ4v) is 3.95. The Labute approximate surface area is 186 Å². The first-order valence-electron chi connectivity index (χ1n) is 10.1. The van der Waals surface area contributed by atoms with Crippen LogP contribution in [0, 0.1) is 19.7 Å². The fraction of sp³-hybridized carbons (Fsp3) is 0.348. The van der Waals surface area contributed by atoms with Crippen LogP contribution in [0.1, 0.15) is 28.0 Å². The SMILES string of the molecule is Cc1c(CCOC=O)ccc(OCc2cc(F)cc3cc(CCNS(C)(=O)=O)oc23)c1C. The van der Waals surface area contributed by atoms with E-state index in [0.29, 0.717) is 54.0 Å². The van der Waals surface area contributed by atoms with Gasteiger partial charge < -0.3 is 13.9 Å². The molecule has 0 saturated carbocycles. The highest BCUT2D eigenvalue weighted by atomic mass is 32.2. The number of carbonyl (C=O) groups excluding carboxylic acids is 1. The summed E-state index contributed by atoms with van der Waals surface area (Å²) < 4.78 is 55.6. The lowest BCUT2D eigenvalue weighted by molar-refractivity contribution is -0.128. The zero-order chi connectivity index (χ0) is 23.3. The van der Waals surface area contributed by atoms with Gasteiger partial charge in [0.05, 0.1) is 12.9 Å². The van der Waals surface area contributed by atoms with E-state index in [1.807, 2.05) is 26.0 Å². The molecule has 1 heterocycles. The molecule has 0 unspecified atom stereocenters. The third-order valence-electron chi connectivity index (χ3n) is 5.23. The van der Waals surface area contributed by atoms with Crippen LogP contribution in [-0.2, 0) is 39.0 Å². The summed E-state index contributed by atoms with van der Waals surface area (Å²) in [5.74, 6) is 0.817. The van der Waals surface area contributed by atoms with Gasteiger partial charge in [-0.1, -0.05) is 6.07 Å². The Balaban J connectivity index is 1.75. The van der Waals surface area contributed by atoms with Crippen LogP contribution in [0.5, 0.6) is 5.75 Å². The van der Waals surface area contributed by atoms with Gasteiger partial charge in [-0.15, -0.1) is 0 Å². The molecular formula is C23H26FNO6S. The Morgan fingerprint density at radius 1 is 1.09 bits per heavy atom. The van der Waals surface area contributed by atoms with Gasteiger partial charge in [0.1, 0.15) is 29.5 Å². The van der Waals surface area contributed by atoms with Crippen LogP contribution in [0.25, 0.3) is 11.0 Å². The number of fused-ring (bicyclic) bond motifs is 1. The number of halogens is 1. The molecule has 0 bridgehead atoms. The Hall–Kier alpha value is -2.91. The van der Waals surface area contributed by atoms with Crippen molar-refractivity contribution >= 4 is 27.5 Å². The van der Waals surface area contributed by atoms with E-state index in [2.05, 4.69) is 4.72 Å². The van der Waals surface area contributed by atoms with Crippen LogP contribution in [0.15, 0.2) is 34.7 Å². The molecule has 0 amide bonds. The molecule has 1 N–H and O–H groups in total. The van der Waals surface area contributed by atoms with E-state index in [0.717, 1.165) is 22.9 Å². The maximum Gasteiger partial charge on any atom is 0.293 e. The molecule has 0 spiro atoms. The lowest BCUT2D eigenvalue weighted by atomic mass is 10.0. The third-order valence-corrected chi connectivity index (χ3v) is 5.96. The number of hydrogen-bond acceptors (Lipinski definition) is 6. The van der Waals surface area contributed by atoms with E-state index >= 15 is 0 Å². The average Bonchev–Trinajstić information content (AvgIpc) is 3.12. The summed E-state index contributed by atoms with van der Waals surface area (Å²) in [4.78, 5) is 10.3. The molecule has 3 aromatic rings. The van der Waals surface area contributed by atoms with Crippen molar-refractivity contribution < 1.29 is 31.5 Å². The van der Waals surface area contributed by atoms with Gasteiger partial charge in [0.15, 0.2) is 0 Å². The zero-order valence-corrected chi connectivity index (χ0v) is 19.1. The van der Waals surface area contributed by atoms with Crippen molar-refractivity contribution in [2.24, 2.45) is 0 Å². The molecule has 0 aliphatic heterocycles. The minimum Gasteiger partial charge on any atom is -0.488 e. The Morgan fingerprint density at radius 3 is 2.59 bits per heavy atom. The maximum absolute atomic E-state index is 14.2. The molecule has 9 heteroatoms. The second-order valence-electron chi connectivity index (χ2n) is 7.59. The van der Waals surface area contributed by atoms with Crippen LogP contribution >= 0.6 is 0 Å². The number of carbonyl (C=O) groups is 1. The summed E-state index contributed by atoms with van der Waals surface area (Å²) in [6.45, 7) is 4.96. The minimum absolute atomic E-state index is 0.108. The molecule has 172 valence electrons. The van der Waals surface area contributed by atoms with Gasteiger partial charge in [-0.25, -0.2) is 17.5 Å². The lowest BCUT2D eigenvalue weighted by Crippen LogP contribution is -2.24. The van der Waals surface area contributed by atoms with Crippen LogP contribution in [0.2, 0.25) is 0 Å². The smallest absolute Gasteiger partial charge is 0.293 e. The molecule has 1 aromatic heterocycles. The third kappa shape index (κ3) is 6.08. The molecule has 0 aliphatic rings. The van der Waals surface area contributed by atoms with Crippen LogP contribution < -0.4 is 9.46 Å². The summed E-state index contributed by atoms with van der Waals surface area (Å²) in [7, 11) is -3.29. The molecule has 0 atom stereocenters. The first-order chi connectivity index (χ1) is 15.2. The summed E-state index contributed by atoms with van der Waals surface area (Å²) in [5, 5.41) is 0.594. The molecule has 3 rings (SSSR count). The van der Waals surface area contributed by atoms with Crippen molar-refractivity contribution in [1.82, 2.24) is 4.72 Å². The van der Waals surface area contributed by atoms with Crippen molar-refractivity contribution in [3.63, 3.8) is 0 Å². The van der Waals surface area contributed by atoms with Crippen molar-refractivity contribution in [2.45, 2.75) is 33.3 Å². The molecule has 2 aromatic carbocycles. The zero-order valence-electron chi connectivity index (χ0n) is 18.2. The number of rotatable bonds is 11. The van der Waals surface area contributed by atoms with Crippen molar-refractivity contribution in [2.75, 3.05) is 19.4 Å². The van der Waals surface area contributed by atoms with Gasteiger partial charge in [-0.05, 0) is 54.8 Å². The van der Waals surface area contributed by atoms with E-state index in [9.17, 15) is 17.6 Å². The van der Waals surface area contributed by atoms with Crippen molar-refractivity contribution in [3.8, 4) is 5.75 Å². The van der Waals surface area contributed by atoms with Gasteiger partial charge in [-0.2, -0.15) is 0 Å². The predicted octanol–water partition coefficient (Wildman–Crippen LogP) is 3.57. The van der Waals surface area contributed by atoms with Crippen molar-refractivity contribution in [1.29, 1.82) is 0 Å². The maximum atomic E-state index is 14.2. The fourth-order valence-electron chi connectivity index (χ4n) is 3.48. The van der Waals surface area contributed by atoms with Gasteiger partial charge in [-0.3, -0.25) is 4.79 Å². The first-order valence-corrected chi connectivity index (χ1v) is 12.0. The van der Waals surface area contributed by atoms with Crippen LogP contribution in [0.4, 0.5) is 4.39 Å². The average molecular weight is 464 g/mol. The van der Waals surface area contributed by atoms with E-state index in [-0.39, 0.29) is 13.2 Å². The molecular weight excluding hydrogens is 437 g/mol.